The van der Waals surface area contributed by atoms with Gasteiger partial charge in [-0.2, -0.15) is 0 Å². The van der Waals surface area contributed by atoms with Crippen molar-refractivity contribution in [2.45, 2.75) is 52.4 Å². The van der Waals surface area contributed by atoms with Gasteiger partial charge in [-0.1, -0.05) is 12.2 Å². The van der Waals surface area contributed by atoms with Crippen molar-refractivity contribution >= 4 is 23.9 Å². The quantitative estimate of drug-likeness (QED) is 0.454. The van der Waals surface area contributed by atoms with Gasteiger partial charge in [-0.05, 0) is 63.5 Å². The normalized spacial score (nSPS) is 29.2. The molecule has 2 aliphatic rings. The Labute approximate surface area is 145 Å². The van der Waals surface area contributed by atoms with Crippen molar-refractivity contribution in [3.63, 3.8) is 0 Å². The third-order valence-corrected chi connectivity index (χ3v) is 5.37. The number of carbonyl (C=O) groups excluding carboxylic acids is 2. The summed E-state index contributed by atoms with van der Waals surface area (Å²) >= 11 is 0. The fourth-order valence-electron chi connectivity index (χ4n) is 3.62. The Morgan fingerprint density at radius 1 is 0.840 bits per heavy atom. The molecule has 7 nitrogen and oxygen atoms in total. The Hall–Kier alpha value is -2.44. The van der Waals surface area contributed by atoms with Crippen LogP contribution in [0.4, 0.5) is 0 Å². The summed E-state index contributed by atoms with van der Waals surface area (Å²) in [6, 6.07) is 0. The molecule has 0 bridgehead atoms. The van der Waals surface area contributed by atoms with E-state index in [1.165, 1.54) is 13.8 Å². The van der Waals surface area contributed by atoms with Gasteiger partial charge in [0.25, 0.3) is 0 Å². The van der Waals surface area contributed by atoms with Gasteiger partial charge in [0.2, 0.25) is 0 Å². The number of hydrogen-bond donors (Lipinski definition) is 2. The molecule has 136 valence electrons. The topological polar surface area (TPSA) is 118 Å². The molecule has 0 fully saturated rings. The summed E-state index contributed by atoms with van der Waals surface area (Å²) in [6.07, 6.45) is 5.54. The first kappa shape index (κ1) is 18.9. The number of aliphatic carboxylic acids is 2. The van der Waals surface area contributed by atoms with Gasteiger partial charge in [-0.25, -0.2) is 9.59 Å². The predicted octanol–water partition coefficient (Wildman–Crippen LogP) is 2.46. The fourth-order valence-corrected chi connectivity index (χ4v) is 3.62. The molecule has 0 heterocycles. The van der Waals surface area contributed by atoms with E-state index < -0.39 is 34.7 Å². The molecule has 7 heteroatoms. The molecule has 25 heavy (non-hydrogen) atoms. The summed E-state index contributed by atoms with van der Waals surface area (Å²) in [6.45, 7) is 3.02. The molecule has 0 spiro atoms. The van der Waals surface area contributed by atoms with Crippen molar-refractivity contribution in [3.8, 4) is 0 Å². The second-order valence-electron chi connectivity index (χ2n) is 6.66. The molecule has 0 amide bonds. The van der Waals surface area contributed by atoms with Gasteiger partial charge in [0.05, 0.1) is 0 Å². The molecule has 0 aromatic heterocycles. The van der Waals surface area contributed by atoms with Gasteiger partial charge in [0.15, 0.2) is 10.8 Å². The van der Waals surface area contributed by atoms with E-state index in [-0.39, 0.29) is 12.8 Å². The van der Waals surface area contributed by atoms with Crippen LogP contribution in [0.5, 0.6) is 0 Å². The average Bonchev–Trinajstić information content (AvgIpc) is 2.55. The minimum atomic E-state index is -1.93. The van der Waals surface area contributed by atoms with Crippen molar-refractivity contribution in [3.05, 3.63) is 23.3 Å². The highest BCUT2D eigenvalue weighted by Crippen LogP contribution is 2.42. The van der Waals surface area contributed by atoms with E-state index in [2.05, 4.69) is 0 Å². The van der Waals surface area contributed by atoms with Crippen molar-refractivity contribution in [2.75, 3.05) is 0 Å². The van der Waals surface area contributed by atoms with Gasteiger partial charge < -0.3 is 14.9 Å². The first-order chi connectivity index (χ1) is 11.7. The predicted molar refractivity (Wildman–Crippen MR) is 86.5 cm³/mol. The maximum Gasteiger partial charge on any atom is 0.335 e. The number of allylic oxidation sites excluding steroid dienone is 2. The summed E-state index contributed by atoms with van der Waals surface area (Å²) in [5.74, 6) is -5.20. The molecule has 2 aliphatic carbocycles. The smallest absolute Gasteiger partial charge is 0.335 e. The number of esters is 2. The van der Waals surface area contributed by atoms with Crippen LogP contribution in [-0.4, -0.2) is 34.1 Å². The maximum atomic E-state index is 12.6. The first-order valence-corrected chi connectivity index (χ1v) is 8.27. The lowest BCUT2D eigenvalue weighted by Gasteiger charge is -2.34. The Morgan fingerprint density at radius 3 is 1.48 bits per heavy atom. The standard InChI is InChI=1S/C18H22O7/c1-11-7-3-5-9-17(11,13(19)20)15(23)25-16(24)18(14(21)22)10-6-4-8-12(18)2/h7-8H,3-6,9-10H2,1-2H3,(H,19,20)(H,21,22). The van der Waals surface area contributed by atoms with Gasteiger partial charge in [-0.15, -0.1) is 0 Å². The van der Waals surface area contributed by atoms with Crippen LogP contribution in [0.3, 0.4) is 0 Å². The summed E-state index contributed by atoms with van der Waals surface area (Å²) in [5, 5.41) is 19.2. The number of rotatable bonds is 4. The van der Waals surface area contributed by atoms with Gasteiger partial charge in [0.1, 0.15) is 0 Å². The zero-order valence-electron chi connectivity index (χ0n) is 14.3. The molecule has 0 saturated carbocycles. The summed E-state index contributed by atoms with van der Waals surface area (Å²) < 4.78 is 4.88. The second-order valence-corrected chi connectivity index (χ2v) is 6.66. The summed E-state index contributed by atoms with van der Waals surface area (Å²) in [4.78, 5) is 48.8. The number of carboxylic acid groups (broad SMARTS) is 2. The molecular formula is C18H22O7. The van der Waals surface area contributed by atoms with Crippen LogP contribution >= 0.6 is 0 Å². The van der Waals surface area contributed by atoms with Gasteiger partial charge in [-0.3, -0.25) is 9.59 Å². The largest absolute Gasteiger partial charge is 0.480 e. The summed E-state index contributed by atoms with van der Waals surface area (Å²) in [5.41, 5.74) is -3.24. The van der Waals surface area contributed by atoms with Crippen molar-refractivity contribution in [1.82, 2.24) is 0 Å². The number of carbonyl (C=O) groups is 4. The van der Waals surface area contributed by atoms with E-state index >= 15 is 0 Å². The van der Waals surface area contributed by atoms with Crippen LogP contribution < -0.4 is 0 Å². The fraction of sp³-hybridized carbons (Fsp3) is 0.556. The average molecular weight is 350 g/mol. The lowest BCUT2D eigenvalue weighted by Crippen LogP contribution is -2.48. The minimum Gasteiger partial charge on any atom is -0.480 e. The molecule has 2 unspecified atom stereocenters. The van der Waals surface area contributed by atoms with Gasteiger partial charge >= 0.3 is 23.9 Å². The number of ether oxygens (including phenoxy) is 1. The Balaban J connectivity index is 2.37. The number of hydrogen-bond acceptors (Lipinski definition) is 5. The maximum absolute atomic E-state index is 12.6. The molecular weight excluding hydrogens is 328 g/mol. The van der Waals surface area contributed by atoms with E-state index in [1.54, 1.807) is 12.2 Å². The van der Waals surface area contributed by atoms with Crippen LogP contribution in [0.1, 0.15) is 52.4 Å². The van der Waals surface area contributed by atoms with E-state index in [0.29, 0.717) is 36.8 Å². The monoisotopic (exact) mass is 350 g/mol. The minimum absolute atomic E-state index is 0.0195. The molecule has 2 atom stereocenters. The van der Waals surface area contributed by atoms with E-state index in [0.717, 1.165) is 0 Å². The van der Waals surface area contributed by atoms with E-state index in [9.17, 15) is 29.4 Å². The summed E-state index contributed by atoms with van der Waals surface area (Å²) in [7, 11) is 0. The van der Waals surface area contributed by atoms with Crippen LogP contribution in [0.25, 0.3) is 0 Å². The highest BCUT2D eigenvalue weighted by atomic mass is 16.6. The van der Waals surface area contributed by atoms with Crippen LogP contribution in [0.15, 0.2) is 23.3 Å². The van der Waals surface area contributed by atoms with E-state index in [1.807, 2.05) is 0 Å². The molecule has 0 aromatic rings. The molecule has 0 aromatic carbocycles. The zero-order valence-corrected chi connectivity index (χ0v) is 14.3. The van der Waals surface area contributed by atoms with Crippen LogP contribution in [0, 0.1) is 10.8 Å². The van der Waals surface area contributed by atoms with Crippen LogP contribution in [-0.2, 0) is 23.9 Å². The lowest BCUT2D eigenvalue weighted by molar-refractivity contribution is -0.179. The molecule has 0 saturated heterocycles. The first-order valence-electron chi connectivity index (χ1n) is 8.27. The van der Waals surface area contributed by atoms with Crippen molar-refractivity contribution in [2.24, 2.45) is 10.8 Å². The Bertz CT molecular complexity index is 630. The molecule has 2 rings (SSSR count). The van der Waals surface area contributed by atoms with E-state index in [4.69, 9.17) is 4.74 Å². The van der Waals surface area contributed by atoms with Crippen molar-refractivity contribution < 1.29 is 34.1 Å². The highest BCUT2D eigenvalue weighted by Gasteiger charge is 2.55. The molecule has 2 N–H and O–H groups in total. The lowest BCUT2D eigenvalue weighted by atomic mass is 9.72. The van der Waals surface area contributed by atoms with Gasteiger partial charge in [0, 0.05) is 0 Å². The Morgan fingerprint density at radius 2 is 1.20 bits per heavy atom. The third kappa shape index (κ3) is 2.88. The SMILES string of the molecule is CC1=CCCCC1(C(=O)O)C(=O)OC(=O)C1(C(=O)O)CCCC=C1C. The van der Waals surface area contributed by atoms with Crippen LogP contribution in [0.2, 0.25) is 0 Å². The second kappa shape index (κ2) is 6.82. The molecule has 0 aliphatic heterocycles. The van der Waals surface area contributed by atoms with Crippen molar-refractivity contribution in [1.29, 1.82) is 0 Å². The zero-order chi connectivity index (χ0) is 18.8. The number of carboxylic acids is 2. The highest BCUT2D eigenvalue weighted by molar-refractivity contribution is 6.10. The Kier molecular flexibility index (Phi) is 5.15. The third-order valence-electron chi connectivity index (χ3n) is 5.37. The molecule has 0 radical (unpaired) electrons.